The standard InChI is InChI=1S/C19H20FN5O/c1-19(2,16-5-3-4-6-17(16)20)12-21-18(26)15-9-7-14(8-10-15)11-25-13-22-23-24-25/h3-10,13H,11-12H2,1-2H3,(H,21,26). The lowest BCUT2D eigenvalue weighted by atomic mass is 9.84. The Bertz CT molecular complexity index is 875. The molecule has 1 heterocycles. The molecule has 2 aromatic carbocycles. The van der Waals surface area contributed by atoms with Crippen molar-refractivity contribution < 1.29 is 9.18 Å². The van der Waals surface area contributed by atoms with Gasteiger partial charge in [0.1, 0.15) is 12.1 Å². The minimum atomic E-state index is -0.513. The minimum absolute atomic E-state index is 0.191. The smallest absolute Gasteiger partial charge is 0.251 e. The van der Waals surface area contributed by atoms with Gasteiger partial charge < -0.3 is 5.32 Å². The first-order chi connectivity index (χ1) is 12.5. The third-order valence-electron chi connectivity index (χ3n) is 4.25. The van der Waals surface area contributed by atoms with Crippen LogP contribution in [0.25, 0.3) is 0 Å². The number of hydrogen-bond donors (Lipinski definition) is 1. The molecular weight excluding hydrogens is 333 g/mol. The van der Waals surface area contributed by atoms with Gasteiger partial charge in [-0.25, -0.2) is 9.07 Å². The lowest BCUT2D eigenvalue weighted by molar-refractivity contribution is 0.0945. The molecular formula is C19H20FN5O. The Balaban J connectivity index is 1.62. The number of amides is 1. The number of carbonyl (C=O) groups excluding carboxylic acids is 1. The van der Waals surface area contributed by atoms with Crippen molar-refractivity contribution in [2.75, 3.05) is 6.54 Å². The van der Waals surface area contributed by atoms with Crippen molar-refractivity contribution in [1.82, 2.24) is 25.5 Å². The maximum Gasteiger partial charge on any atom is 0.251 e. The van der Waals surface area contributed by atoms with Gasteiger partial charge in [0.05, 0.1) is 6.54 Å². The van der Waals surface area contributed by atoms with E-state index < -0.39 is 5.41 Å². The Labute approximate surface area is 151 Å². The lowest BCUT2D eigenvalue weighted by Crippen LogP contribution is -2.37. The quantitative estimate of drug-likeness (QED) is 0.739. The summed E-state index contributed by atoms with van der Waals surface area (Å²) in [6.07, 6.45) is 1.53. The van der Waals surface area contributed by atoms with Gasteiger partial charge in [-0.15, -0.1) is 5.10 Å². The summed E-state index contributed by atoms with van der Waals surface area (Å²) in [6, 6.07) is 13.9. The normalized spacial score (nSPS) is 11.3. The van der Waals surface area contributed by atoms with Crippen LogP contribution in [0.5, 0.6) is 0 Å². The molecule has 1 N–H and O–H groups in total. The molecule has 0 spiro atoms. The number of hydrogen-bond acceptors (Lipinski definition) is 4. The summed E-state index contributed by atoms with van der Waals surface area (Å²) in [7, 11) is 0. The summed E-state index contributed by atoms with van der Waals surface area (Å²) < 4.78 is 15.6. The van der Waals surface area contributed by atoms with E-state index in [0.29, 0.717) is 24.2 Å². The molecule has 0 aliphatic carbocycles. The highest BCUT2D eigenvalue weighted by molar-refractivity contribution is 5.94. The largest absolute Gasteiger partial charge is 0.351 e. The molecule has 0 fully saturated rings. The van der Waals surface area contributed by atoms with Crippen LogP contribution in [-0.4, -0.2) is 32.7 Å². The summed E-state index contributed by atoms with van der Waals surface area (Å²) in [5.41, 5.74) is 1.61. The van der Waals surface area contributed by atoms with Crippen LogP contribution in [0.1, 0.15) is 35.3 Å². The van der Waals surface area contributed by atoms with Gasteiger partial charge in [0.25, 0.3) is 5.91 Å². The Hall–Kier alpha value is -3.09. The maximum atomic E-state index is 14.0. The van der Waals surface area contributed by atoms with Gasteiger partial charge in [0.2, 0.25) is 0 Å². The van der Waals surface area contributed by atoms with Crippen molar-refractivity contribution in [2.24, 2.45) is 0 Å². The topological polar surface area (TPSA) is 72.7 Å². The van der Waals surface area contributed by atoms with Crippen LogP contribution in [0.3, 0.4) is 0 Å². The zero-order valence-electron chi connectivity index (χ0n) is 14.7. The van der Waals surface area contributed by atoms with E-state index in [0.717, 1.165) is 5.56 Å². The third kappa shape index (κ3) is 4.11. The van der Waals surface area contributed by atoms with Crippen LogP contribution in [0.4, 0.5) is 4.39 Å². The molecule has 1 aromatic heterocycles. The van der Waals surface area contributed by atoms with Gasteiger partial charge in [-0.2, -0.15) is 0 Å². The van der Waals surface area contributed by atoms with E-state index >= 15 is 0 Å². The summed E-state index contributed by atoms with van der Waals surface area (Å²) in [5, 5.41) is 13.9. The second kappa shape index (κ2) is 7.43. The summed E-state index contributed by atoms with van der Waals surface area (Å²) in [5.74, 6) is -0.456. The van der Waals surface area contributed by atoms with Gasteiger partial charge in [-0.1, -0.05) is 44.2 Å². The van der Waals surface area contributed by atoms with E-state index in [1.165, 1.54) is 12.4 Å². The average molecular weight is 353 g/mol. The molecule has 0 aliphatic rings. The van der Waals surface area contributed by atoms with Crippen LogP contribution >= 0.6 is 0 Å². The number of halogens is 1. The monoisotopic (exact) mass is 353 g/mol. The predicted molar refractivity (Wildman–Crippen MR) is 95.1 cm³/mol. The SMILES string of the molecule is CC(C)(CNC(=O)c1ccc(Cn2cnnn2)cc1)c1ccccc1F. The van der Waals surface area contributed by atoms with Gasteiger partial charge >= 0.3 is 0 Å². The molecule has 0 unspecified atom stereocenters. The van der Waals surface area contributed by atoms with Crippen molar-refractivity contribution in [2.45, 2.75) is 25.8 Å². The number of aromatic nitrogens is 4. The first kappa shape index (κ1) is 17.7. The summed E-state index contributed by atoms with van der Waals surface area (Å²) >= 11 is 0. The van der Waals surface area contributed by atoms with Crippen molar-refractivity contribution in [3.05, 3.63) is 77.4 Å². The van der Waals surface area contributed by atoms with Crippen LogP contribution in [0, 0.1) is 5.82 Å². The molecule has 7 heteroatoms. The summed E-state index contributed by atoms with van der Waals surface area (Å²) in [4.78, 5) is 12.4. The molecule has 6 nitrogen and oxygen atoms in total. The fraction of sp³-hybridized carbons (Fsp3) is 0.263. The lowest BCUT2D eigenvalue weighted by Gasteiger charge is -2.26. The van der Waals surface area contributed by atoms with Crippen LogP contribution in [-0.2, 0) is 12.0 Å². The van der Waals surface area contributed by atoms with E-state index in [-0.39, 0.29) is 11.7 Å². The maximum absolute atomic E-state index is 14.0. The molecule has 0 radical (unpaired) electrons. The first-order valence-electron chi connectivity index (χ1n) is 8.29. The molecule has 1 amide bonds. The van der Waals surface area contributed by atoms with E-state index in [4.69, 9.17) is 0 Å². The van der Waals surface area contributed by atoms with Gasteiger partial charge in [0.15, 0.2) is 0 Å². The average Bonchev–Trinajstić information content (AvgIpc) is 3.14. The zero-order valence-corrected chi connectivity index (χ0v) is 14.7. The van der Waals surface area contributed by atoms with Crippen molar-refractivity contribution >= 4 is 5.91 Å². The Kier molecular flexibility index (Phi) is 5.06. The Morgan fingerprint density at radius 1 is 1.15 bits per heavy atom. The number of carbonyl (C=O) groups is 1. The minimum Gasteiger partial charge on any atom is -0.351 e. The van der Waals surface area contributed by atoms with Crippen LogP contribution in [0.2, 0.25) is 0 Å². The molecule has 3 rings (SSSR count). The molecule has 3 aromatic rings. The first-order valence-corrected chi connectivity index (χ1v) is 8.29. The van der Waals surface area contributed by atoms with Gasteiger partial charge in [-0.05, 0) is 39.8 Å². The molecule has 0 saturated heterocycles. The molecule has 134 valence electrons. The Morgan fingerprint density at radius 2 is 1.88 bits per heavy atom. The Morgan fingerprint density at radius 3 is 2.54 bits per heavy atom. The van der Waals surface area contributed by atoms with Crippen LogP contribution in [0.15, 0.2) is 54.9 Å². The van der Waals surface area contributed by atoms with Crippen molar-refractivity contribution in [1.29, 1.82) is 0 Å². The number of nitrogens with zero attached hydrogens (tertiary/aromatic N) is 4. The number of benzene rings is 2. The second-order valence-electron chi connectivity index (χ2n) is 6.75. The molecule has 26 heavy (non-hydrogen) atoms. The molecule has 0 atom stereocenters. The van der Waals surface area contributed by atoms with Crippen LogP contribution < -0.4 is 5.32 Å². The van der Waals surface area contributed by atoms with E-state index in [9.17, 15) is 9.18 Å². The second-order valence-corrected chi connectivity index (χ2v) is 6.75. The molecule has 0 bridgehead atoms. The van der Waals surface area contributed by atoms with E-state index in [1.807, 2.05) is 26.0 Å². The van der Waals surface area contributed by atoms with Crippen molar-refractivity contribution in [3.8, 4) is 0 Å². The third-order valence-corrected chi connectivity index (χ3v) is 4.25. The number of nitrogens with one attached hydrogen (secondary N) is 1. The molecule has 0 saturated carbocycles. The fourth-order valence-electron chi connectivity index (χ4n) is 2.71. The molecule has 0 aliphatic heterocycles. The van der Waals surface area contributed by atoms with E-state index in [2.05, 4.69) is 20.8 Å². The highest BCUT2D eigenvalue weighted by Gasteiger charge is 2.24. The number of tetrazole rings is 1. The highest BCUT2D eigenvalue weighted by atomic mass is 19.1. The fourth-order valence-corrected chi connectivity index (χ4v) is 2.71. The predicted octanol–water partition coefficient (Wildman–Crippen LogP) is 2.57. The number of rotatable bonds is 6. The summed E-state index contributed by atoms with van der Waals surface area (Å²) in [6.45, 7) is 4.68. The zero-order chi connectivity index (χ0) is 18.6. The highest BCUT2D eigenvalue weighted by Crippen LogP contribution is 2.24. The van der Waals surface area contributed by atoms with Crippen molar-refractivity contribution in [3.63, 3.8) is 0 Å². The van der Waals surface area contributed by atoms with E-state index in [1.54, 1.807) is 35.0 Å². The van der Waals surface area contributed by atoms with Gasteiger partial charge in [0, 0.05) is 17.5 Å². The van der Waals surface area contributed by atoms with Gasteiger partial charge in [-0.3, -0.25) is 4.79 Å².